The summed E-state index contributed by atoms with van der Waals surface area (Å²) in [5, 5.41) is 8.94. The molecule has 0 unspecified atom stereocenters. The average molecular weight is 504 g/mol. The largest absolute Gasteiger partial charge is 0.342 e. The third kappa shape index (κ3) is 9.07. The molecule has 0 aliphatic heterocycles. The van der Waals surface area contributed by atoms with Crippen LogP contribution in [-0.2, 0) is 20.9 Å². The summed E-state index contributed by atoms with van der Waals surface area (Å²) in [5.74, 6) is 0.326. The molecule has 8 heteroatoms. The van der Waals surface area contributed by atoms with E-state index in [4.69, 9.17) is 0 Å². The van der Waals surface area contributed by atoms with Crippen LogP contribution in [0.3, 0.4) is 0 Å². The van der Waals surface area contributed by atoms with Crippen LogP contribution in [0.1, 0.15) is 59.4 Å². The molecule has 0 saturated heterocycles. The fraction of sp³-hybridized carbons (Fsp3) is 0.310. The smallest absolute Gasteiger partial charge is 0.224 e. The van der Waals surface area contributed by atoms with Crippen LogP contribution in [0, 0.1) is 0 Å². The summed E-state index contributed by atoms with van der Waals surface area (Å²) in [5.41, 5.74) is 4.33. The number of amides is 3. The van der Waals surface area contributed by atoms with Crippen molar-refractivity contribution in [1.29, 1.82) is 0 Å². The Morgan fingerprint density at radius 1 is 0.865 bits per heavy atom. The lowest BCUT2D eigenvalue weighted by molar-refractivity contribution is -0.127. The van der Waals surface area contributed by atoms with E-state index in [1.54, 1.807) is 24.9 Å². The van der Waals surface area contributed by atoms with Crippen molar-refractivity contribution in [2.24, 2.45) is 4.99 Å². The number of aliphatic imine (C=N–C) groups is 1. The zero-order valence-corrected chi connectivity index (χ0v) is 22.4. The third-order valence-electron chi connectivity index (χ3n) is 5.58. The van der Waals surface area contributed by atoms with Gasteiger partial charge in [-0.05, 0) is 48.7 Å². The molecule has 2 aromatic rings. The molecule has 8 nitrogen and oxygen atoms in total. The van der Waals surface area contributed by atoms with Crippen molar-refractivity contribution in [3.63, 3.8) is 0 Å². The molecule has 0 atom stereocenters. The number of allylic oxidation sites excluding steroid dienone is 1. The van der Waals surface area contributed by atoms with Crippen LogP contribution in [0.15, 0.2) is 77.6 Å². The third-order valence-corrected chi connectivity index (χ3v) is 5.58. The SMILES string of the molecule is C=C(/C(=C\N=C(/C)Nc1ccccc1NC(=O)CC)CC)N(Cc1cccc(NC(=O)CC)c1)C(C)=O. The van der Waals surface area contributed by atoms with E-state index in [2.05, 4.69) is 27.5 Å². The Hall–Kier alpha value is -4.20. The highest BCUT2D eigenvalue weighted by atomic mass is 16.2. The van der Waals surface area contributed by atoms with E-state index in [-0.39, 0.29) is 17.7 Å². The van der Waals surface area contributed by atoms with E-state index >= 15 is 0 Å². The second-order valence-corrected chi connectivity index (χ2v) is 8.45. The number of rotatable bonds is 11. The zero-order chi connectivity index (χ0) is 27.4. The lowest BCUT2D eigenvalue weighted by atomic mass is 10.1. The van der Waals surface area contributed by atoms with E-state index in [9.17, 15) is 14.4 Å². The molecular formula is C29H37N5O3. The molecule has 0 fully saturated rings. The van der Waals surface area contributed by atoms with Gasteiger partial charge < -0.3 is 20.9 Å². The topological polar surface area (TPSA) is 103 Å². The molecule has 0 saturated carbocycles. The first-order valence-electron chi connectivity index (χ1n) is 12.4. The Kier molecular flexibility index (Phi) is 11.3. The molecule has 2 aromatic carbocycles. The fourth-order valence-corrected chi connectivity index (χ4v) is 3.46. The number of anilines is 3. The number of hydrogen-bond acceptors (Lipinski definition) is 4. The van der Waals surface area contributed by atoms with Gasteiger partial charge in [0.2, 0.25) is 17.7 Å². The summed E-state index contributed by atoms with van der Waals surface area (Å²) in [6.45, 7) is 13.4. The molecule has 0 spiro atoms. The molecule has 0 radical (unpaired) electrons. The van der Waals surface area contributed by atoms with Crippen LogP contribution in [-0.4, -0.2) is 28.5 Å². The normalized spacial score (nSPS) is 11.5. The van der Waals surface area contributed by atoms with Crippen molar-refractivity contribution in [3.05, 3.63) is 78.1 Å². The Bertz CT molecular complexity index is 1200. The predicted octanol–water partition coefficient (Wildman–Crippen LogP) is 6.07. The Labute approximate surface area is 219 Å². The van der Waals surface area contributed by atoms with Gasteiger partial charge in [0.15, 0.2) is 0 Å². The highest BCUT2D eigenvalue weighted by molar-refractivity contribution is 6.00. The zero-order valence-electron chi connectivity index (χ0n) is 22.4. The maximum atomic E-state index is 12.5. The van der Waals surface area contributed by atoms with Gasteiger partial charge in [-0.15, -0.1) is 0 Å². The summed E-state index contributed by atoms with van der Waals surface area (Å²) in [6.07, 6.45) is 3.09. The van der Waals surface area contributed by atoms with Crippen molar-refractivity contribution < 1.29 is 14.4 Å². The van der Waals surface area contributed by atoms with Gasteiger partial charge in [-0.3, -0.25) is 14.4 Å². The molecule has 0 aromatic heterocycles. The van der Waals surface area contributed by atoms with Crippen LogP contribution in [0.4, 0.5) is 17.1 Å². The van der Waals surface area contributed by atoms with Gasteiger partial charge in [0.1, 0.15) is 5.84 Å². The predicted molar refractivity (Wildman–Crippen MR) is 151 cm³/mol. The van der Waals surface area contributed by atoms with Crippen LogP contribution >= 0.6 is 0 Å². The van der Waals surface area contributed by atoms with E-state index in [1.807, 2.05) is 62.4 Å². The molecule has 3 amide bonds. The lowest BCUT2D eigenvalue weighted by Crippen LogP contribution is -2.28. The van der Waals surface area contributed by atoms with Gasteiger partial charge in [0.05, 0.1) is 17.9 Å². The van der Waals surface area contributed by atoms with Gasteiger partial charge in [-0.1, -0.05) is 51.6 Å². The van der Waals surface area contributed by atoms with E-state index < -0.39 is 0 Å². The van der Waals surface area contributed by atoms with Gasteiger partial charge >= 0.3 is 0 Å². The van der Waals surface area contributed by atoms with Crippen LogP contribution in [0.25, 0.3) is 0 Å². The molecule has 2 rings (SSSR count). The second kappa shape index (κ2) is 14.4. The van der Waals surface area contributed by atoms with E-state index in [1.165, 1.54) is 6.92 Å². The van der Waals surface area contributed by atoms with Crippen molar-refractivity contribution in [1.82, 2.24) is 4.90 Å². The summed E-state index contributed by atoms with van der Waals surface area (Å²) >= 11 is 0. The fourth-order valence-electron chi connectivity index (χ4n) is 3.46. The Morgan fingerprint density at radius 2 is 1.49 bits per heavy atom. The van der Waals surface area contributed by atoms with Crippen molar-refractivity contribution in [3.8, 4) is 0 Å². The van der Waals surface area contributed by atoms with E-state index in [0.717, 1.165) is 16.8 Å². The quantitative estimate of drug-likeness (QED) is 0.197. The average Bonchev–Trinajstić information content (AvgIpc) is 2.88. The maximum absolute atomic E-state index is 12.5. The van der Waals surface area contributed by atoms with Gasteiger partial charge in [-0.2, -0.15) is 0 Å². The van der Waals surface area contributed by atoms with Crippen LogP contribution < -0.4 is 16.0 Å². The lowest BCUT2D eigenvalue weighted by Gasteiger charge is -2.25. The molecule has 37 heavy (non-hydrogen) atoms. The Balaban J connectivity index is 2.21. The Morgan fingerprint density at radius 3 is 2.08 bits per heavy atom. The first kappa shape index (κ1) is 29.0. The van der Waals surface area contributed by atoms with Crippen molar-refractivity contribution >= 4 is 40.6 Å². The van der Waals surface area contributed by atoms with Gasteiger partial charge in [0, 0.05) is 37.3 Å². The molecule has 0 aliphatic carbocycles. The molecule has 0 heterocycles. The number of amidine groups is 1. The van der Waals surface area contributed by atoms with Crippen LogP contribution in [0.5, 0.6) is 0 Å². The molecular weight excluding hydrogens is 466 g/mol. The molecule has 0 aliphatic rings. The number of nitrogens with one attached hydrogen (secondary N) is 3. The standard InChI is InChI=1S/C29H37N5O3/c1-7-24(18-30-21(5)31-26-15-10-11-16-27(26)33-29(37)9-3)20(4)34(22(6)35)19-23-13-12-14-25(17-23)32-28(36)8-2/h10-18H,4,7-9,19H2,1-3,5-6H3,(H,30,31)(H,32,36)(H,33,37)/b24-18-. The minimum absolute atomic E-state index is 0.0709. The highest BCUT2D eigenvalue weighted by Crippen LogP contribution is 2.23. The summed E-state index contributed by atoms with van der Waals surface area (Å²) in [6, 6.07) is 14.8. The number of hydrogen-bond donors (Lipinski definition) is 3. The summed E-state index contributed by atoms with van der Waals surface area (Å²) in [7, 11) is 0. The molecule has 196 valence electrons. The molecule has 0 bridgehead atoms. The second-order valence-electron chi connectivity index (χ2n) is 8.45. The number of para-hydroxylation sites is 2. The number of benzene rings is 2. The van der Waals surface area contributed by atoms with E-state index in [0.29, 0.717) is 48.7 Å². The summed E-state index contributed by atoms with van der Waals surface area (Å²) in [4.78, 5) is 42.3. The highest BCUT2D eigenvalue weighted by Gasteiger charge is 2.16. The maximum Gasteiger partial charge on any atom is 0.224 e. The van der Waals surface area contributed by atoms with Gasteiger partial charge in [0.25, 0.3) is 0 Å². The number of carbonyl (C=O) groups excluding carboxylic acids is 3. The van der Waals surface area contributed by atoms with Crippen LogP contribution in [0.2, 0.25) is 0 Å². The first-order valence-corrected chi connectivity index (χ1v) is 12.4. The summed E-state index contributed by atoms with van der Waals surface area (Å²) < 4.78 is 0. The first-order chi connectivity index (χ1) is 17.7. The van der Waals surface area contributed by atoms with Crippen molar-refractivity contribution in [2.45, 2.75) is 60.4 Å². The minimum Gasteiger partial charge on any atom is -0.342 e. The number of carbonyl (C=O) groups is 3. The minimum atomic E-state index is -0.147. The monoisotopic (exact) mass is 503 g/mol. The number of nitrogens with zero attached hydrogens (tertiary/aromatic N) is 2. The molecule has 3 N–H and O–H groups in total. The van der Waals surface area contributed by atoms with Crippen molar-refractivity contribution in [2.75, 3.05) is 16.0 Å². The van der Waals surface area contributed by atoms with Gasteiger partial charge in [-0.25, -0.2) is 4.99 Å².